The summed E-state index contributed by atoms with van der Waals surface area (Å²) in [6.45, 7) is 12.2. The maximum Gasteiger partial charge on any atom is 0.410 e. The Morgan fingerprint density at radius 3 is 2.04 bits per heavy atom. The molecule has 0 aliphatic carbocycles. The van der Waals surface area contributed by atoms with E-state index in [2.05, 4.69) is 20.8 Å². The molecule has 1 amide bonds. The molecule has 0 spiro atoms. The van der Waals surface area contributed by atoms with Crippen molar-refractivity contribution in [3.8, 4) is 0 Å². The first-order chi connectivity index (χ1) is 11.4. The van der Waals surface area contributed by atoms with Gasteiger partial charge in [0.1, 0.15) is 5.60 Å². The lowest BCUT2D eigenvalue weighted by molar-refractivity contribution is -0.311. The Balaban J connectivity index is 2.21. The van der Waals surface area contributed by atoms with Gasteiger partial charge in [-0.1, -0.05) is 45.0 Å². The number of rotatable bonds is 2. The van der Waals surface area contributed by atoms with Crippen LogP contribution < -0.4 is 5.11 Å². The molecule has 1 saturated heterocycles. The largest absolute Gasteiger partial charge is 0.550 e. The van der Waals surface area contributed by atoms with Gasteiger partial charge >= 0.3 is 6.09 Å². The average molecular weight is 346 g/mol. The van der Waals surface area contributed by atoms with Gasteiger partial charge in [0.25, 0.3) is 0 Å². The molecule has 0 unspecified atom stereocenters. The summed E-state index contributed by atoms with van der Waals surface area (Å²) >= 11 is 0. The van der Waals surface area contributed by atoms with E-state index in [-0.39, 0.29) is 17.9 Å². The number of ether oxygens (including phenoxy) is 1. The van der Waals surface area contributed by atoms with Gasteiger partial charge in [-0.05, 0) is 37.3 Å². The quantitative estimate of drug-likeness (QED) is 0.825. The molecule has 0 aromatic heterocycles. The Morgan fingerprint density at radius 2 is 1.60 bits per heavy atom. The third-order valence-corrected chi connectivity index (χ3v) is 4.48. The lowest BCUT2D eigenvalue weighted by Gasteiger charge is -2.24. The number of likely N-dealkylation sites (tertiary alicyclic amines) is 1. The monoisotopic (exact) mass is 346 g/mol. The highest BCUT2D eigenvalue weighted by Crippen LogP contribution is 2.34. The van der Waals surface area contributed by atoms with Crippen molar-refractivity contribution < 1.29 is 19.4 Å². The molecule has 0 radical (unpaired) electrons. The van der Waals surface area contributed by atoms with Crippen LogP contribution in [0.5, 0.6) is 0 Å². The number of hydrogen-bond donors (Lipinski definition) is 0. The first-order valence-corrected chi connectivity index (χ1v) is 8.68. The first kappa shape index (κ1) is 19.3. The second kappa shape index (κ2) is 6.70. The molecule has 0 bridgehead atoms. The standard InChI is InChI=1S/C20H29NO4/c1-19(2,3)14-9-7-13(8-10-14)15-11-21(12-16(15)17(22)23)18(24)25-20(4,5)6/h7-10,15-16H,11-12H2,1-6H3,(H,22,23)/p-1/t15-,16+/m1/s1. The second-order valence-corrected chi connectivity index (χ2v) is 8.79. The number of carbonyl (C=O) groups excluding carboxylic acids is 2. The van der Waals surface area contributed by atoms with Gasteiger partial charge in [0.15, 0.2) is 0 Å². The number of carboxylic acids is 1. The third kappa shape index (κ3) is 4.74. The van der Waals surface area contributed by atoms with E-state index in [1.54, 1.807) is 20.8 Å². The molecule has 1 aromatic carbocycles. The normalized spacial score (nSPS) is 21.3. The molecule has 25 heavy (non-hydrogen) atoms. The van der Waals surface area contributed by atoms with Gasteiger partial charge < -0.3 is 19.5 Å². The molecule has 5 nitrogen and oxygen atoms in total. The van der Waals surface area contributed by atoms with E-state index in [4.69, 9.17) is 4.74 Å². The van der Waals surface area contributed by atoms with Crippen LogP contribution in [0.2, 0.25) is 0 Å². The van der Waals surface area contributed by atoms with Gasteiger partial charge in [-0.3, -0.25) is 0 Å². The van der Waals surface area contributed by atoms with Gasteiger partial charge in [0, 0.05) is 30.9 Å². The molecule has 2 atom stereocenters. The van der Waals surface area contributed by atoms with E-state index in [0.29, 0.717) is 6.54 Å². The Hall–Kier alpha value is -2.04. The number of nitrogens with zero attached hydrogens (tertiary/aromatic N) is 1. The van der Waals surface area contributed by atoms with Crippen molar-refractivity contribution in [1.82, 2.24) is 4.90 Å². The SMILES string of the molecule is CC(C)(C)OC(=O)N1C[C@H](C(=O)[O-])[C@@H](c2ccc(C(C)(C)C)cc2)C1. The smallest absolute Gasteiger partial charge is 0.410 e. The molecule has 0 saturated carbocycles. The van der Waals surface area contributed by atoms with Crippen molar-refractivity contribution in [2.75, 3.05) is 13.1 Å². The Labute approximate surface area is 150 Å². The van der Waals surface area contributed by atoms with Crippen LogP contribution in [0, 0.1) is 5.92 Å². The molecule has 1 aliphatic rings. The zero-order chi connectivity index (χ0) is 19.0. The van der Waals surface area contributed by atoms with E-state index in [1.807, 2.05) is 24.3 Å². The number of hydrogen-bond acceptors (Lipinski definition) is 4. The van der Waals surface area contributed by atoms with Crippen molar-refractivity contribution in [2.45, 2.75) is 58.5 Å². The van der Waals surface area contributed by atoms with Gasteiger partial charge in [-0.15, -0.1) is 0 Å². The fourth-order valence-electron chi connectivity index (χ4n) is 3.09. The zero-order valence-electron chi connectivity index (χ0n) is 16.0. The van der Waals surface area contributed by atoms with E-state index >= 15 is 0 Å². The Morgan fingerprint density at radius 1 is 1.04 bits per heavy atom. The summed E-state index contributed by atoms with van der Waals surface area (Å²) in [6, 6.07) is 7.97. The second-order valence-electron chi connectivity index (χ2n) is 8.79. The van der Waals surface area contributed by atoms with E-state index in [0.717, 1.165) is 5.56 Å². The summed E-state index contributed by atoms with van der Waals surface area (Å²) in [5.74, 6) is -2.14. The third-order valence-electron chi connectivity index (χ3n) is 4.48. The van der Waals surface area contributed by atoms with Crippen LogP contribution >= 0.6 is 0 Å². The summed E-state index contributed by atoms with van der Waals surface area (Å²) in [5, 5.41) is 11.6. The molecule has 1 aromatic rings. The van der Waals surface area contributed by atoms with Crippen molar-refractivity contribution in [3.05, 3.63) is 35.4 Å². The van der Waals surface area contributed by atoms with Gasteiger partial charge in [-0.2, -0.15) is 0 Å². The lowest BCUT2D eigenvalue weighted by atomic mass is 9.83. The van der Waals surface area contributed by atoms with Crippen molar-refractivity contribution in [3.63, 3.8) is 0 Å². The highest BCUT2D eigenvalue weighted by Gasteiger charge is 2.38. The van der Waals surface area contributed by atoms with Gasteiger partial charge in [-0.25, -0.2) is 4.79 Å². The summed E-state index contributed by atoms with van der Waals surface area (Å²) in [4.78, 5) is 25.3. The molecule has 5 heteroatoms. The van der Waals surface area contributed by atoms with Crippen LogP contribution in [-0.4, -0.2) is 35.7 Å². The van der Waals surface area contributed by atoms with Crippen molar-refractivity contribution in [1.29, 1.82) is 0 Å². The summed E-state index contributed by atoms with van der Waals surface area (Å²) in [6.07, 6.45) is -0.479. The topological polar surface area (TPSA) is 69.7 Å². The fourth-order valence-corrected chi connectivity index (χ4v) is 3.09. The fraction of sp³-hybridized carbons (Fsp3) is 0.600. The van der Waals surface area contributed by atoms with Gasteiger partial charge in [0.05, 0.1) is 0 Å². The molecule has 138 valence electrons. The molecule has 0 N–H and O–H groups in total. The highest BCUT2D eigenvalue weighted by molar-refractivity contribution is 5.74. The number of aliphatic carboxylic acids is 1. The first-order valence-electron chi connectivity index (χ1n) is 8.68. The predicted molar refractivity (Wildman–Crippen MR) is 94.2 cm³/mol. The minimum absolute atomic E-state index is 0.0323. The summed E-state index contributed by atoms with van der Waals surface area (Å²) in [5.41, 5.74) is 1.52. The Bertz CT molecular complexity index is 637. The molecule has 1 aliphatic heterocycles. The van der Waals surface area contributed by atoms with Crippen LogP contribution in [0.25, 0.3) is 0 Å². The van der Waals surface area contributed by atoms with Gasteiger partial charge in [0.2, 0.25) is 0 Å². The van der Waals surface area contributed by atoms with Crippen molar-refractivity contribution in [2.24, 2.45) is 5.92 Å². The number of benzene rings is 1. The maximum atomic E-state index is 12.3. The highest BCUT2D eigenvalue weighted by atomic mass is 16.6. The molecule has 2 rings (SSSR count). The predicted octanol–water partition coefficient (Wildman–Crippen LogP) is 2.68. The van der Waals surface area contributed by atoms with Crippen LogP contribution in [-0.2, 0) is 14.9 Å². The van der Waals surface area contributed by atoms with Crippen LogP contribution in [0.3, 0.4) is 0 Å². The zero-order valence-corrected chi connectivity index (χ0v) is 16.0. The minimum atomic E-state index is -1.13. The molecular formula is C20H28NO4-. The van der Waals surface area contributed by atoms with E-state index < -0.39 is 23.6 Å². The average Bonchev–Trinajstić information content (AvgIpc) is 2.90. The lowest BCUT2D eigenvalue weighted by Crippen LogP contribution is -2.38. The molecular weight excluding hydrogens is 318 g/mol. The molecule has 1 heterocycles. The van der Waals surface area contributed by atoms with Crippen LogP contribution in [0.1, 0.15) is 58.6 Å². The summed E-state index contributed by atoms with van der Waals surface area (Å²) in [7, 11) is 0. The Kier molecular flexibility index (Phi) is 5.17. The van der Waals surface area contributed by atoms with Crippen LogP contribution in [0.15, 0.2) is 24.3 Å². The number of carbonyl (C=O) groups is 2. The number of amides is 1. The van der Waals surface area contributed by atoms with E-state index in [1.165, 1.54) is 10.5 Å². The van der Waals surface area contributed by atoms with Crippen LogP contribution in [0.4, 0.5) is 4.79 Å². The van der Waals surface area contributed by atoms with E-state index in [9.17, 15) is 14.7 Å². The molecule has 1 fully saturated rings. The maximum absolute atomic E-state index is 12.3. The number of carboxylic acid groups (broad SMARTS) is 1. The summed E-state index contributed by atoms with van der Waals surface area (Å²) < 4.78 is 5.37. The minimum Gasteiger partial charge on any atom is -0.550 e. The van der Waals surface area contributed by atoms with Crippen molar-refractivity contribution >= 4 is 12.1 Å².